The van der Waals surface area contributed by atoms with Gasteiger partial charge in [0.05, 0.1) is 17.1 Å². The van der Waals surface area contributed by atoms with Crippen LogP contribution in [0.1, 0.15) is 31.5 Å². The van der Waals surface area contributed by atoms with E-state index in [4.69, 9.17) is 11.6 Å². The Morgan fingerprint density at radius 3 is 2.82 bits per heavy atom. The molecular weight excluding hydrogens is 381 g/mol. The van der Waals surface area contributed by atoms with Crippen LogP contribution in [0.2, 0.25) is 5.02 Å². The Morgan fingerprint density at radius 1 is 1.21 bits per heavy atom. The molecule has 1 amide bonds. The molecule has 0 radical (unpaired) electrons. The zero-order valence-electron chi connectivity index (χ0n) is 15.8. The lowest BCUT2D eigenvalue weighted by Gasteiger charge is -2.56. The first-order valence-corrected chi connectivity index (χ1v) is 10.5. The van der Waals surface area contributed by atoms with Gasteiger partial charge in [-0.05, 0) is 31.4 Å². The van der Waals surface area contributed by atoms with Gasteiger partial charge in [-0.25, -0.2) is 9.37 Å². The van der Waals surface area contributed by atoms with Gasteiger partial charge in [0.2, 0.25) is 5.91 Å². The molecule has 1 aromatic carbocycles. The molecule has 2 aromatic rings. The number of H-pyrrole nitrogens is 1. The number of carbonyl (C=O) groups excluding carboxylic acids is 1. The van der Waals surface area contributed by atoms with Crippen molar-refractivity contribution in [3.63, 3.8) is 0 Å². The summed E-state index contributed by atoms with van der Waals surface area (Å²) in [6.07, 6.45) is 4.13. The van der Waals surface area contributed by atoms with Crippen molar-refractivity contribution in [2.45, 2.75) is 44.3 Å². The highest BCUT2D eigenvalue weighted by atomic mass is 35.5. The molecule has 2 bridgehead atoms. The minimum absolute atomic E-state index is 0.318. The number of carbonyl (C=O) groups is 1. The van der Waals surface area contributed by atoms with Crippen LogP contribution in [0, 0.1) is 5.82 Å². The molecule has 0 aliphatic carbocycles. The maximum atomic E-state index is 13.5. The van der Waals surface area contributed by atoms with Crippen molar-refractivity contribution in [3.8, 4) is 0 Å². The number of rotatable bonds is 5. The van der Waals surface area contributed by atoms with Crippen LogP contribution in [-0.4, -0.2) is 75.4 Å². The fourth-order valence-corrected chi connectivity index (χ4v) is 5.23. The van der Waals surface area contributed by atoms with Crippen LogP contribution in [0.5, 0.6) is 0 Å². The second-order valence-electron chi connectivity index (χ2n) is 8.28. The first-order valence-electron chi connectivity index (χ1n) is 10.2. The lowest BCUT2D eigenvalue weighted by atomic mass is 9.87. The molecule has 0 saturated carbocycles. The van der Waals surface area contributed by atoms with Gasteiger partial charge in [-0.2, -0.15) is 0 Å². The van der Waals surface area contributed by atoms with Crippen LogP contribution < -0.4 is 0 Å². The summed E-state index contributed by atoms with van der Waals surface area (Å²) in [5, 5.41) is 0.345. The number of piperidine rings is 2. The highest BCUT2D eigenvalue weighted by Crippen LogP contribution is 2.33. The number of likely N-dealkylation sites (tertiary alicyclic amines) is 1. The Labute approximate surface area is 168 Å². The Kier molecular flexibility index (Phi) is 4.77. The van der Waals surface area contributed by atoms with Gasteiger partial charge in [-0.3, -0.25) is 14.6 Å². The van der Waals surface area contributed by atoms with Crippen LogP contribution in [0.3, 0.4) is 0 Å². The SMILES string of the molecule is O=C1CCCCN1CCN1C2CC1CN(Cc1nc3c(Cl)cc(F)cc3[nH]1)C2. The average Bonchev–Trinajstić information content (AvgIpc) is 3.06. The van der Waals surface area contributed by atoms with Gasteiger partial charge in [-0.1, -0.05) is 11.6 Å². The molecule has 28 heavy (non-hydrogen) atoms. The number of piperazine rings is 1. The van der Waals surface area contributed by atoms with Crippen LogP contribution in [0.25, 0.3) is 11.0 Å². The van der Waals surface area contributed by atoms with Crippen molar-refractivity contribution >= 4 is 28.5 Å². The highest BCUT2D eigenvalue weighted by Gasteiger charge is 2.44. The number of halogens is 2. The van der Waals surface area contributed by atoms with Gasteiger partial charge < -0.3 is 9.88 Å². The van der Waals surface area contributed by atoms with E-state index in [2.05, 4.69) is 19.8 Å². The van der Waals surface area contributed by atoms with E-state index < -0.39 is 0 Å². The Balaban J connectivity index is 1.17. The third-order valence-electron chi connectivity index (χ3n) is 6.40. The third kappa shape index (κ3) is 3.40. The lowest BCUT2D eigenvalue weighted by Crippen LogP contribution is -2.69. The van der Waals surface area contributed by atoms with Crippen molar-refractivity contribution in [1.29, 1.82) is 0 Å². The fraction of sp³-hybridized carbons (Fsp3) is 0.600. The van der Waals surface area contributed by atoms with E-state index in [1.165, 1.54) is 18.6 Å². The molecule has 6 nitrogen and oxygen atoms in total. The number of benzene rings is 1. The second kappa shape index (κ2) is 7.28. The lowest BCUT2D eigenvalue weighted by molar-refractivity contribution is -0.135. The summed E-state index contributed by atoms with van der Waals surface area (Å²) in [7, 11) is 0. The summed E-state index contributed by atoms with van der Waals surface area (Å²) in [5.74, 6) is 0.794. The van der Waals surface area contributed by atoms with Crippen LogP contribution in [0.4, 0.5) is 4.39 Å². The van der Waals surface area contributed by atoms with E-state index in [0.29, 0.717) is 40.5 Å². The van der Waals surface area contributed by atoms with E-state index in [9.17, 15) is 9.18 Å². The maximum absolute atomic E-state index is 13.5. The van der Waals surface area contributed by atoms with E-state index in [1.54, 1.807) is 0 Å². The highest BCUT2D eigenvalue weighted by molar-refractivity contribution is 6.34. The van der Waals surface area contributed by atoms with Crippen molar-refractivity contribution in [1.82, 2.24) is 24.7 Å². The predicted molar refractivity (Wildman–Crippen MR) is 106 cm³/mol. The molecule has 4 saturated heterocycles. The van der Waals surface area contributed by atoms with Gasteiger partial charge in [-0.15, -0.1) is 0 Å². The number of aromatic nitrogens is 2. The summed E-state index contributed by atoms with van der Waals surface area (Å²) in [6.45, 7) is 5.49. The Morgan fingerprint density at radius 2 is 2.04 bits per heavy atom. The molecule has 5 heterocycles. The Bertz CT molecular complexity index is 890. The maximum Gasteiger partial charge on any atom is 0.222 e. The molecule has 4 aliphatic heterocycles. The molecule has 4 fully saturated rings. The number of nitrogens with zero attached hydrogens (tertiary/aromatic N) is 4. The van der Waals surface area contributed by atoms with Gasteiger partial charge in [0, 0.05) is 51.2 Å². The molecule has 8 heteroatoms. The molecule has 0 spiro atoms. The molecular formula is C20H25ClFN5O. The van der Waals surface area contributed by atoms with Crippen LogP contribution in [-0.2, 0) is 11.3 Å². The quantitative estimate of drug-likeness (QED) is 0.830. The predicted octanol–water partition coefficient (Wildman–Crippen LogP) is 2.63. The molecule has 2 unspecified atom stereocenters. The zero-order chi connectivity index (χ0) is 19.3. The number of hydrogen-bond acceptors (Lipinski definition) is 4. The summed E-state index contributed by atoms with van der Waals surface area (Å²) >= 11 is 6.11. The second-order valence-corrected chi connectivity index (χ2v) is 8.69. The summed E-state index contributed by atoms with van der Waals surface area (Å²) in [6, 6.07) is 3.86. The minimum atomic E-state index is -0.352. The molecule has 150 valence electrons. The molecule has 4 aliphatic rings. The third-order valence-corrected chi connectivity index (χ3v) is 6.68. The summed E-state index contributed by atoms with van der Waals surface area (Å²) in [4.78, 5) is 26.8. The number of fused-ring (bicyclic) bond motifs is 3. The van der Waals surface area contributed by atoms with E-state index in [-0.39, 0.29) is 5.82 Å². The van der Waals surface area contributed by atoms with Crippen molar-refractivity contribution < 1.29 is 9.18 Å². The molecule has 1 N–H and O–H groups in total. The summed E-state index contributed by atoms with van der Waals surface area (Å²) in [5.41, 5.74) is 1.28. The van der Waals surface area contributed by atoms with Gasteiger partial charge >= 0.3 is 0 Å². The molecule has 2 atom stereocenters. The number of nitrogens with one attached hydrogen (secondary N) is 1. The standard InChI is InChI=1S/C20H25ClFN5O/c21-16-7-13(22)8-17-20(16)24-18(23-17)12-25-10-14-9-15(11-25)27(14)6-5-26-4-2-1-3-19(26)28/h7-8,14-15H,1-6,9-12H2,(H,23,24). The van der Waals surface area contributed by atoms with Crippen molar-refractivity contribution in [2.24, 2.45) is 0 Å². The first-order chi connectivity index (χ1) is 13.6. The normalized spacial score (nSPS) is 26.1. The Hall–Kier alpha value is -1.70. The average molecular weight is 406 g/mol. The van der Waals surface area contributed by atoms with Gasteiger partial charge in [0.15, 0.2) is 0 Å². The van der Waals surface area contributed by atoms with E-state index in [0.717, 1.165) is 57.9 Å². The monoisotopic (exact) mass is 405 g/mol. The number of amides is 1. The van der Waals surface area contributed by atoms with Crippen molar-refractivity contribution in [2.75, 3.05) is 32.7 Å². The van der Waals surface area contributed by atoms with Crippen LogP contribution >= 0.6 is 11.6 Å². The summed E-state index contributed by atoms with van der Waals surface area (Å²) < 4.78 is 13.5. The number of aromatic amines is 1. The van der Waals surface area contributed by atoms with Gasteiger partial charge in [0.1, 0.15) is 17.2 Å². The zero-order valence-corrected chi connectivity index (χ0v) is 16.6. The fourth-order valence-electron chi connectivity index (χ4n) is 4.98. The van der Waals surface area contributed by atoms with Gasteiger partial charge in [0.25, 0.3) is 0 Å². The van der Waals surface area contributed by atoms with Crippen LogP contribution in [0.15, 0.2) is 12.1 Å². The molecule has 1 aromatic heterocycles. The topological polar surface area (TPSA) is 55.5 Å². The first kappa shape index (κ1) is 18.3. The number of hydrogen-bond donors (Lipinski definition) is 1. The smallest absolute Gasteiger partial charge is 0.222 e. The number of imidazole rings is 1. The minimum Gasteiger partial charge on any atom is -0.341 e. The van der Waals surface area contributed by atoms with Crippen molar-refractivity contribution in [3.05, 3.63) is 28.8 Å². The molecule has 6 rings (SSSR count). The van der Waals surface area contributed by atoms with E-state index >= 15 is 0 Å². The largest absolute Gasteiger partial charge is 0.341 e. The van der Waals surface area contributed by atoms with E-state index in [1.807, 2.05) is 4.90 Å².